The summed E-state index contributed by atoms with van der Waals surface area (Å²) in [6.45, 7) is 4.58. The zero-order chi connectivity index (χ0) is 30.6. The van der Waals surface area contributed by atoms with Gasteiger partial charge in [-0.25, -0.2) is 18.4 Å². The minimum absolute atomic E-state index is 0.0799. The molecule has 13 nitrogen and oxygen atoms in total. The van der Waals surface area contributed by atoms with Crippen LogP contribution in [0.5, 0.6) is 11.5 Å². The van der Waals surface area contributed by atoms with E-state index in [2.05, 4.69) is 29.9 Å². The minimum Gasteiger partial charge on any atom is -0.494 e. The maximum atomic E-state index is 13.9. The highest BCUT2D eigenvalue weighted by molar-refractivity contribution is 7.93. The summed E-state index contributed by atoms with van der Waals surface area (Å²) in [6, 6.07) is 7.10. The lowest BCUT2D eigenvalue weighted by Gasteiger charge is -2.23. The molecule has 0 bridgehead atoms. The van der Waals surface area contributed by atoms with Crippen LogP contribution >= 0.6 is 0 Å². The zero-order valence-corrected chi connectivity index (χ0v) is 25.3. The van der Waals surface area contributed by atoms with E-state index >= 15 is 0 Å². The molecule has 1 aromatic carbocycles. The maximum absolute atomic E-state index is 13.9. The lowest BCUT2D eigenvalue weighted by molar-refractivity contribution is 0.0949. The standard InChI is InChI=1S/C29H33N7O6S/c1-18-13-21(15-30-14-18)28-33-34-29(36(28)25-23(39-3)7-6-8-24(25)40-4)35-43(37,38)19(2)26(41-5)27-31-16-22(17-32-27)20-9-11-42-12-10-20/h6-9,13-17,19,26H,10-12H2,1-5H3,(H,34,35). The predicted molar refractivity (Wildman–Crippen MR) is 160 cm³/mol. The van der Waals surface area contributed by atoms with Gasteiger partial charge in [0, 0.05) is 43.0 Å². The van der Waals surface area contributed by atoms with Gasteiger partial charge in [0.1, 0.15) is 28.5 Å². The third kappa shape index (κ3) is 6.21. The Labute approximate surface area is 250 Å². The molecule has 4 aromatic rings. The van der Waals surface area contributed by atoms with Crippen molar-refractivity contribution in [3.05, 3.63) is 72.1 Å². The molecule has 3 aromatic heterocycles. The fourth-order valence-electron chi connectivity index (χ4n) is 4.81. The second-order valence-corrected chi connectivity index (χ2v) is 11.9. The largest absolute Gasteiger partial charge is 0.494 e. The molecule has 226 valence electrons. The van der Waals surface area contributed by atoms with E-state index in [-0.39, 0.29) is 11.8 Å². The van der Waals surface area contributed by atoms with Crippen molar-refractivity contribution in [1.29, 1.82) is 0 Å². The number of benzene rings is 1. The van der Waals surface area contributed by atoms with Crippen molar-refractivity contribution >= 4 is 21.5 Å². The first kappa shape index (κ1) is 30.1. The molecule has 0 saturated carbocycles. The molecule has 0 saturated heterocycles. The zero-order valence-electron chi connectivity index (χ0n) is 24.5. The number of para-hydroxylation sites is 1. The normalized spacial score (nSPS) is 15.0. The fourth-order valence-corrected chi connectivity index (χ4v) is 5.94. The van der Waals surface area contributed by atoms with Gasteiger partial charge in [-0.1, -0.05) is 12.1 Å². The molecule has 1 aliphatic rings. The molecule has 14 heteroatoms. The monoisotopic (exact) mass is 607 g/mol. The van der Waals surface area contributed by atoms with Crippen LogP contribution in [0.15, 0.2) is 55.1 Å². The number of nitrogens with zero attached hydrogens (tertiary/aromatic N) is 6. The average molecular weight is 608 g/mol. The van der Waals surface area contributed by atoms with E-state index in [1.54, 1.807) is 43.0 Å². The van der Waals surface area contributed by atoms with Gasteiger partial charge in [0.15, 0.2) is 11.6 Å². The number of hydrogen-bond acceptors (Lipinski definition) is 11. The Kier molecular flexibility index (Phi) is 8.99. The highest BCUT2D eigenvalue weighted by Gasteiger charge is 2.35. The summed E-state index contributed by atoms with van der Waals surface area (Å²) >= 11 is 0. The minimum atomic E-state index is -4.15. The topological polar surface area (TPSA) is 152 Å². The summed E-state index contributed by atoms with van der Waals surface area (Å²) in [7, 11) is 0.282. The Morgan fingerprint density at radius 1 is 1.00 bits per heavy atom. The van der Waals surface area contributed by atoms with Crippen molar-refractivity contribution in [2.24, 2.45) is 0 Å². The number of hydrogen-bond donors (Lipinski definition) is 1. The quantitative estimate of drug-likeness (QED) is 0.265. The number of ether oxygens (including phenoxy) is 4. The third-order valence-corrected chi connectivity index (χ3v) is 8.78. The van der Waals surface area contributed by atoms with Crippen molar-refractivity contribution in [2.45, 2.75) is 31.6 Å². The van der Waals surface area contributed by atoms with Crippen LogP contribution in [0.3, 0.4) is 0 Å². The highest BCUT2D eigenvalue weighted by Crippen LogP contribution is 2.38. The van der Waals surface area contributed by atoms with E-state index < -0.39 is 21.4 Å². The Balaban J connectivity index is 1.53. The number of anilines is 1. The number of aryl methyl sites for hydroxylation is 1. The molecule has 0 amide bonds. The Morgan fingerprint density at radius 3 is 2.33 bits per heavy atom. The van der Waals surface area contributed by atoms with Gasteiger partial charge in [0.2, 0.25) is 16.0 Å². The first-order valence-corrected chi connectivity index (χ1v) is 15.0. The summed E-state index contributed by atoms with van der Waals surface area (Å²) in [5.41, 5.74) is 3.84. The van der Waals surface area contributed by atoms with Crippen LogP contribution < -0.4 is 14.2 Å². The van der Waals surface area contributed by atoms with Crippen LogP contribution in [0.4, 0.5) is 5.95 Å². The van der Waals surface area contributed by atoms with Gasteiger partial charge in [0.05, 0.1) is 27.4 Å². The van der Waals surface area contributed by atoms with Gasteiger partial charge in [-0.15, -0.1) is 10.2 Å². The van der Waals surface area contributed by atoms with E-state index in [1.807, 2.05) is 19.1 Å². The summed E-state index contributed by atoms with van der Waals surface area (Å²) < 4.78 is 54.1. The molecule has 0 aliphatic carbocycles. The molecular formula is C29H33N7O6S. The number of methoxy groups -OCH3 is 3. The van der Waals surface area contributed by atoms with Crippen LogP contribution in [0.25, 0.3) is 22.6 Å². The molecular weight excluding hydrogens is 574 g/mol. The molecule has 0 spiro atoms. The second-order valence-electron chi connectivity index (χ2n) is 9.84. The molecule has 1 N–H and O–H groups in total. The van der Waals surface area contributed by atoms with Crippen molar-refractivity contribution < 1.29 is 27.4 Å². The number of nitrogens with one attached hydrogen (secondary N) is 1. The van der Waals surface area contributed by atoms with E-state index in [1.165, 1.54) is 32.8 Å². The van der Waals surface area contributed by atoms with E-state index in [0.29, 0.717) is 41.8 Å². The van der Waals surface area contributed by atoms with Gasteiger partial charge in [-0.05, 0) is 49.6 Å². The summed E-state index contributed by atoms with van der Waals surface area (Å²) in [5, 5.41) is 7.45. The molecule has 43 heavy (non-hydrogen) atoms. The fraction of sp³-hybridized carbons (Fsp3) is 0.345. The smallest absolute Gasteiger partial charge is 0.243 e. The van der Waals surface area contributed by atoms with Crippen molar-refractivity contribution in [2.75, 3.05) is 39.3 Å². The van der Waals surface area contributed by atoms with Crippen molar-refractivity contribution in [3.8, 4) is 28.6 Å². The van der Waals surface area contributed by atoms with Gasteiger partial charge >= 0.3 is 0 Å². The summed E-state index contributed by atoms with van der Waals surface area (Å²) in [4.78, 5) is 13.2. The SMILES string of the molecule is COc1cccc(OC)c1-n1c(NS(=O)(=O)C(C)C(OC)c2ncc(C3=CCOCC3)cn2)nnc1-c1cncc(C)c1. The van der Waals surface area contributed by atoms with Gasteiger partial charge < -0.3 is 18.9 Å². The van der Waals surface area contributed by atoms with Crippen LogP contribution in [-0.2, 0) is 19.5 Å². The number of aromatic nitrogens is 6. The number of rotatable bonds is 11. The van der Waals surface area contributed by atoms with Gasteiger partial charge in [-0.2, -0.15) is 0 Å². The molecule has 5 rings (SSSR count). The van der Waals surface area contributed by atoms with Gasteiger partial charge in [-0.3, -0.25) is 14.3 Å². The molecule has 0 radical (unpaired) electrons. The number of pyridine rings is 1. The van der Waals surface area contributed by atoms with Crippen molar-refractivity contribution in [1.82, 2.24) is 29.7 Å². The van der Waals surface area contributed by atoms with Crippen molar-refractivity contribution in [3.63, 3.8) is 0 Å². The van der Waals surface area contributed by atoms with E-state index in [0.717, 1.165) is 23.1 Å². The molecule has 0 fully saturated rings. The lowest BCUT2D eigenvalue weighted by atomic mass is 10.1. The van der Waals surface area contributed by atoms with Crippen LogP contribution in [0.1, 0.15) is 36.4 Å². The van der Waals surface area contributed by atoms with E-state index in [9.17, 15) is 8.42 Å². The third-order valence-electron chi connectivity index (χ3n) is 7.09. The first-order valence-electron chi connectivity index (χ1n) is 13.5. The highest BCUT2D eigenvalue weighted by atomic mass is 32.2. The van der Waals surface area contributed by atoms with Crippen LogP contribution in [-0.4, -0.2) is 77.9 Å². The second kappa shape index (κ2) is 12.9. The average Bonchev–Trinajstić information content (AvgIpc) is 3.43. The Hall–Kier alpha value is -4.40. The lowest BCUT2D eigenvalue weighted by Crippen LogP contribution is -2.33. The van der Waals surface area contributed by atoms with E-state index in [4.69, 9.17) is 18.9 Å². The summed E-state index contributed by atoms with van der Waals surface area (Å²) in [5.74, 6) is 1.31. The predicted octanol–water partition coefficient (Wildman–Crippen LogP) is 3.77. The maximum Gasteiger partial charge on any atom is 0.243 e. The first-order chi connectivity index (χ1) is 20.8. The molecule has 4 heterocycles. The Morgan fingerprint density at radius 2 is 1.72 bits per heavy atom. The molecule has 2 atom stereocenters. The van der Waals surface area contributed by atoms with Gasteiger partial charge in [0.25, 0.3) is 0 Å². The van der Waals surface area contributed by atoms with Crippen LogP contribution in [0.2, 0.25) is 0 Å². The molecule has 1 aliphatic heterocycles. The summed E-state index contributed by atoms with van der Waals surface area (Å²) in [6.07, 6.45) is 8.43. The molecule has 2 unspecified atom stereocenters. The Bertz CT molecular complexity index is 1700. The van der Waals surface area contributed by atoms with Crippen LogP contribution in [0, 0.1) is 6.92 Å². The number of sulfonamides is 1.